The molecule has 1 atom stereocenters. The minimum atomic E-state index is -0.198. The van der Waals surface area contributed by atoms with E-state index >= 15 is 0 Å². The van der Waals surface area contributed by atoms with Crippen molar-refractivity contribution in [3.05, 3.63) is 21.9 Å². The van der Waals surface area contributed by atoms with Crippen molar-refractivity contribution in [1.82, 2.24) is 4.90 Å². The Morgan fingerprint density at radius 3 is 2.94 bits per heavy atom. The highest BCUT2D eigenvalue weighted by Crippen LogP contribution is 2.24. The van der Waals surface area contributed by atoms with E-state index in [9.17, 15) is 9.59 Å². The number of nitrogens with zero attached hydrogens (tertiary/aromatic N) is 1. The van der Waals surface area contributed by atoms with Crippen LogP contribution in [0, 0.1) is 17.8 Å². The summed E-state index contributed by atoms with van der Waals surface area (Å²) in [7, 11) is 0. The molecule has 1 aromatic heterocycles. The van der Waals surface area contributed by atoms with E-state index < -0.39 is 0 Å². The third-order valence-corrected chi connectivity index (χ3v) is 3.75. The highest BCUT2D eigenvalue weighted by Gasteiger charge is 2.35. The van der Waals surface area contributed by atoms with Crippen molar-refractivity contribution in [3.8, 4) is 11.8 Å². The first-order valence-corrected chi connectivity index (χ1v) is 6.61. The van der Waals surface area contributed by atoms with Crippen LogP contribution in [0.5, 0.6) is 0 Å². The molecule has 1 aromatic rings. The van der Waals surface area contributed by atoms with Gasteiger partial charge in [0.25, 0.3) is 0 Å². The molecule has 0 aromatic carbocycles. The number of thiophene rings is 1. The van der Waals surface area contributed by atoms with Gasteiger partial charge < -0.3 is 5.73 Å². The Hall–Kier alpha value is -1.64. The molecule has 1 unspecified atom stereocenters. The lowest BCUT2D eigenvalue weighted by Gasteiger charge is -2.13. The standard InChI is InChI=1S/C13H14N2O2S/c1-9-7-12(16)15(13(9)17)8-11-10(3-2-5-14)4-6-18-11/h4,6,9H,5,7-8,14H2,1H3. The molecule has 2 N–H and O–H groups in total. The first-order valence-electron chi connectivity index (χ1n) is 5.73. The molecule has 4 nitrogen and oxygen atoms in total. The third-order valence-electron chi connectivity index (χ3n) is 2.84. The number of carbonyl (C=O) groups is 2. The molecule has 0 spiro atoms. The zero-order valence-corrected chi connectivity index (χ0v) is 10.9. The van der Waals surface area contributed by atoms with Crippen molar-refractivity contribution in [2.24, 2.45) is 11.7 Å². The van der Waals surface area contributed by atoms with Crippen LogP contribution >= 0.6 is 11.3 Å². The summed E-state index contributed by atoms with van der Waals surface area (Å²) in [5.41, 5.74) is 6.18. The van der Waals surface area contributed by atoms with Gasteiger partial charge in [0.1, 0.15) is 0 Å². The Morgan fingerprint density at radius 2 is 2.33 bits per heavy atom. The summed E-state index contributed by atoms with van der Waals surface area (Å²) < 4.78 is 0. The van der Waals surface area contributed by atoms with E-state index in [4.69, 9.17) is 5.73 Å². The van der Waals surface area contributed by atoms with Crippen molar-refractivity contribution in [2.75, 3.05) is 6.54 Å². The van der Waals surface area contributed by atoms with Gasteiger partial charge in [-0.25, -0.2) is 0 Å². The van der Waals surface area contributed by atoms with Crippen LogP contribution < -0.4 is 5.73 Å². The highest BCUT2D eigenvalue weighted by molar-refractivity contribution is 7.10. The number of hydrogen-bond acceptors (Lipinski definition) is 4. The lowest BCUT2D eigenvalue weighted by molar-refractivity contribution is -0.139. The van der Waals surface area contributed by atoms with E-state index in [-0.39, 0.29) is 17.7 Å². The van der Waals surface area contributed by atoms with Crippen LogP contribution in [0.15, 0.2) is 11.4 Å². The van der Waals surface area contributed by atoms with Crippen molar-refractivity contribution in [2.45, 2.75) is 19.9 Å². The SMILES string of the molecule is CC1CC(=O)N(Cc2sccc2C#CCN)C1=O. The molecular weight excluding hydrogens is 248 g/mol. The van der Waals surface area contributed by atoms with Crippen LogP contribution in [0.25, 0.3) is 0 Å². The quantitative estimate of drug-likeness (QED) is 0.637. The molecule has 1 aliphatic rings. The second kappa shape index (κ2) is 5.34. The van der Waals surface area contributed by atoms with Crippen LogP contribution in [-0.4, -0.2) is 23.3 Å². The van der Waals surface area contributed by atoms with Crippen molar-refractivity contribution in [1.29, 1.82) is 0 Å². The van der Waals surface area contributed by atoms with Crippen molar-refractivity contribution in [3.63, 3.8) is 0 Å². The second-order valence-electron chi connectivity index (χ2n) is 4.19. The molecule has 0 aliphatic carbocycles. The van der Waals surface area contributed by atoms with Gasteiger partial charge in [0.15, 0.2) is 0 Å². The number of rotatable bonds is 2. The predicted molar refractivity (Wildman–Crippen MR) is 69.6 cm³/mol. The maximum atomic E-state index is 11.8. The largest absolute Gasteiger partial charge is 0.320 e. The summed E-state index contributed by atoms with van der Waals surface area (Å²) in [5.74, 6) is 5.35. The van der Waals surface area contributed by atoms with Gasteiger partial charge in [0.2, 0.25) is 11.8 Å². The highest BCUT2D eigenvalue weighted by atomic mass is 32.1. The molecule has 94 valence electrons. The number of amides is 2. The van der Waals surface area contributed by atoms with E-state index in [1.807, 2.05) is 11.4 Å². The molecule has 0 radical (unpaired) electrons. The predicted octanol–water partition coefficient (Wildman–Crippen LogP) is 0.953. The van der Waals surface area contributed by atoms with Crippen LogP contribution in [0.1, 0.15) is 23.8 Å². The maximum absolute atomic E-state index is 11.8. The number of hydrogen-bond donors (Lipinski definition) is 1. The van der Waals surface area contributed by atoms with E-state index in [2.05, 4.69) is 11.8 Å². The number of carbonyl (C=O) groups excluding carboxylic acids is 2. The Balaban J connectivity index is 2.17. The van der Waals surface area contributed by atoms with Gasteiger partial charge in [-0.2, -0.15) is 0 Å². The molecule has 0 bridgehead atoms. The van der Waals surface area contributed by atoms with Gasteiger partial charge in [-0.05, 0) is 11.4 Å². The number of nitrogens with two attached hydrogens (primary N) is 1. The molecule has 1 saturated heterocycles. The molecular formula is C13H14N2O2S. The fourth-order valence-corrected chi connectivity index (χ4v) is 2.70. The summed E-state index contributed by atoms with van der Waals surface area (Å²) in [4.78, 5) is 25.8. The van der Waals surface area contributed by atoms with Crippen LogP contribution in [0.3, 0.4) is 0 Å². The lowest BCUT2D eigenvalue weighted by Crippen LogP contribution is -2.29. The average molecular weight is 262 g/mol. The molecule has 1 fully saturated rings. The summed E-state index contributed by atoms with van der Waals surface area (Å²) in [5, 5.41) is 1.91. The Kier molecular flexibility index (Phi) is 3.80. The summed E-state index contributed by atoms with van der Waals surface area (Å²) in [6.07, 6.45) is 0.314. The number of likely N-dealkylation sites (tertiary alicyclic amines) is 1. The summed E-state index contributed by atoms with van der Waals surface area (Å²) >= 11 is 1.50. The molecule has 2 rings (SSSR count). The van der Waals surface area contributed by atoms with Crippen LogP contribution in [0.4, 0.5) is 0 Å². The molecule has 1 aliphatic heterocycles. The van der Waals surface area contributed by atoms with Gasteiger partial charge >= 0.3 is 0 Å². The Morgan fingerprint density at radius 1 is 1.56 bits per heavy atom. The topological polar surface area (TPSA) is 63.4 Å². The van der Waals surface area contributed by atoms with Crippen LogP contribution in [-0.2, 0) is 16.1 Å². The molecule has 2 amide bonds. The molecule has 2 heterocycles. The van der Waals surface area contributed by atoms with Gasteiger partial charge in [-0.3, -0.25) is 14.5 Å². The van der Waals surface area contributed by atoms with Crippen LogP contribution in [0.2, 0.25) is 0 Å². The van der Waals surface area contributed by atoms with E-state index in [0.29, 0.717) is 19.5 Å². The zero-order chi connectivity index (χ0) is 13.1. The fraction of sp³-hybridized carbons (Fsp3) is 0.385. The Bertz CT molecular complexity index is 539. The Labute approximate surface area is 110 Å². The smallest absolute Gasteiger partial charge is 0.232 e. The van der Waals surface area contributed by atoms with Gasteiger partial charge in [-0.1, -0.05) is 18.8 Å². The van der Waals surface area contributed by atoms with Gasteiger partial charge in [0.05, 0.1) is 13.1 Å². The third kappa shape index (κ3) is 2.45. The average Bonchev–Trinajstić information content (AvgIpc) is 2.87. The minimum Gasteiger partial charge on any atom is -0.320 e. The van der Waals surface area contributed by atoms with Gasteiger partial charge in [0, 0.05) is 22.8 Å². The summed E-state index contributed by atoms with van der Waals surface area (Å²) in [6.45, 7) is 2.41. The van der Waals surface area contributed by atoms with E-state index in [1.54, 1.807) is 6.92 Å². The number of imide groups is 1. The monoisotopic (exact) mass is 262 g/mol. The van der Waals surface area contributed by atoms with E-state index in [0.717, 1.165) is 10.4 Å². The molecule has 0 saturated carbocycles. The van der Waals surface area contributed by atoms with Crippen molar-refractivity contribution >= 4 is 23.2 Å². The normalized spacial score (nSPS) is 19.0. The first-order chi connectivity index (χ1) is 8.63. The zero-order valence-electron chi connectivity index (χ0n) is 10.1. The first kappa shape index (κ1) is 12.8. The lowest BCUT2D eigenvalue weighted by atomic mass is 10.1. The van der Waals surface area contributed by atoms with Crippen molar-refractivity contribution < 1.29 is 9.59 Å². The minimum absolute atomic E-state index is 0.0915. The van der Waals surface area contributed by atoms with E-state index in [1.165, 1.54) is 16.2 Å². The molecule has 18 heavy (non-hydrogen) atoms. The fourth-order valence-electron chi connectivity index (χ4n) is 1.88. The summed E-state index contributed by atoms with van der Waals surface area (Å²) in [6, 6.07) is 1.89. The van der Waals surface area contributed by atoms with Gasteiger partial charge in [-0.15, -0.1) is 11.3 Å². The maximum Gasteiger partial charge on any atom is 0.232 e. The second-order valence-corrected chi connectivity index (χ2v) is 5.19. The molecule has 5 heteroatoms.